The molecule has 4 nitrogen and oxygen atoms in total. The molecule has 2 aromatic rings. The topological polar surface area (TPSA) is 77.8 Å². The first kappa shape index (κ1) is 9.98. The molecule has 1 aromatic heterocycles. The van der Waals surface area contributed by atoms with Crippen molar-refractivity contribution >= 4 is 11.6 Å². The summed E-state index contributed by atoms with van der Waals surface area (Å²) in [5.74, 6) is 0.322. The lowest BCUT2D eigenvalue weighted by molar-refractivity contribution is 1.19. The summed E-state index contributed by atoms with van der Waals surface area (Å²) in [6.07, 6.45) is 3.20. The van der Waals surface area contributed by atoms with Gasteiger partial charge in [0.15, 0.2) is 0 Å². The zero-order valence-corrected chi connectivity index (χ0v) is 7.67. The Bertz CT molecular complexity index is 310. The summed E-state index contributed by atoms with van der Waals surface area (Å²) in [6.45, 7) is 0. The van der Waals surface area contributed by atoms with E-state index in [1.807, 2.05) is 30.3 Å². The molecule has 0 saturated carbocycles. The summed E-state index contributed by atoms with van der Waals surface area (Å²) >= 11 is 0. The van der Waals surface area contributed by atoms with E-state index < -0.39 is 0 Å². The molecule has 0 aliphatic rings. The van der Waals surface area contributed by atoms with E-state index in [2.05, 4.69) is 9.97 Å². The predicted octanol–water partition coefficient (Wildman–Crippen LogP) is 1.33. The van der Waals surface area contributed by atoms with Crippen LogP contribution in [0.3, 0.4) is 0 Å². The van der Waals surface area contributed by atoms with Crippen LogP contribution in [0, 0.1) is 0 Å². The minimum atomic E-state index is 0.322. The maximum Gasteiger partial charge on any atom is 0.219 e. The van der Waals surface area contributed by atoms with Gasteiger partial charge in [-0.3, -0.25) is 0 Å². The summed E-state index contributed by atoms with van der Waals surface area (Å²) in [6, 6.07) is 11.2. The number of hydrogen-bond donors (Lipinski definition) is 2. The quantitative estimate of drug-likeness (QED) is 0.611. The van der Waals surface area contributed by atoms with Crippen LogP contribution in [-0.4, -0.2) is 9.97 Å². The van der Waals surface area contributed by atoms with Gasteiger partial charge in [-0.05, 0) is 18.2 Å². The highest BCUT2D eigenvalue weighted by Gasteiger charge is 1.75. The van der Waals surface area contributed by atoms with Crippen LogP contribution in [0.2, 0.25) is 0 Å². The lowest BCUT2D eigenvalue weighted by Gasteiger charge is -1.83. The number of rotatable bonds is 0. The van der Waals surface area contributed by atoms with Gasteiger partial charge in [0.2, 0.25) is 5.95 Å². The van der Waals surface area contributed by atoms with Gasteiger partial charge >= 0.3 is 0 Å². The lowest BCUT2D eigenvalue weighted by atomic mass is 10.3. The number of benzene rings is 1. The average molecular weight is 188 g/mol. The van der Waals surface area contributed by atoms with Crippen LogP contribution in [0.4, 0.5) is 11.6 Å². The fourth-order valence-corrected chi connectivity index (χ4v) is 0.764. The van der Waals surface area contributed by atoms with Crippen LogP contribution in [-0.2, 0) is 0 Å². The summed E-state index contributed by atoms with van der Waals surface area (Å²) in [5.41, 5.74) is 11.3. The van der Waals surface area contributed by atoms with E-state index in [0.717, 1.165) is 5.69 Å². The van der Waals surface area contributed by atoms with Crippen LogP contribution < -0.4 is 11.5 Å². The monoisotopic (exact) mass is 188 g/mol. The highest BCUT2D eigenvalue weighted by atomic mass is 15.0. The van der Waals surface area contributed by atoms with E-state index in [-0.39, 0.29) is 0 Å². The molecule has 72 valence electrons. The molecule has 0 spiro atoms. The Labute approximate surface area is 82.6 Å². The van der Waals surface area contributed by atoms with E-state index in [0.29, 0.717) is 5.95 Å². The number of para-hydroxylation sites is 1. The molecule has 14 heavy (non-hydrogen) atoms. The molecule has 4 N–H and O–H groups in total. The van der Waals surface area contributed by atoms with Crippen LogP contribution in [0.15, 0.2) is 48.8 Å². The Morgan fingerprint density at radius 2 is 1.36 bits per heavy atom. The molecule has 1 aromatic carbocycles. The van der Waals surface area contributed by atoms with E-state index >= 15 is 0 Å². The molecular formula is C10H12N4. The van der Waals surface area contributed by atoms with Crippen molar-refractivity contribution in [3.63, 3.8) is 0 Å². The average Bonchev–Trinajstić information content (AvgIpc) is 2.21. The molecule has 2 rings (SSSR count). The van der Waals surface area contributed by atoms with E-state index in [1.165, 1.54) is 0 Å². The second-order valence-electron chi connectivity index (χ2n) is 2.52. The highest BCUT2D eigenvalue weighted by Crippen LogP contribution is 1.95. The first-order valence-corrected chi connectivity index (χ1v) is 4.12. The fraction of sp³-hybridized carbons (Fsp3) is 0. The number of nitrogen functional groups attached to an aromatic ring is 2. The van der Waals surface area contributed by atoms with Crippen LogP contribution in [0.5, 0.6) is 0 Å². The Balaban J connectivity index is 0.000000140. The molecule has 0 fully saturated rings. The molecule has 1 heterocycles. The Morgan fingerprint density at radius 3 is 1.64 bits per heavy atom. The van der Waals surface area contributed by atoms with Gasteiger partial charge in [-0.2, -0.15) is 0 Å². The van der Waals surface area contributed by atoms with Crippen molar-refractivity contribution in [1.82, 2.24) is 9.97 Å². The highest BCUT2D eigenvalue weighted by molar-refractivity contribution is 5.35. The molecular weight excluding hydrogens is 176 g/mol. The number of anilines is 2. The smallest absolute Gasteiger partial charge is 0.219 e. The van der Waals surface area contributed by atoms with Gasteiger partial charge < -0.3 is 11.5 Å². The second kappa shape index (κ2) is 5.53. The minimum Gasteiger partial charge on any atom is -0.399 e. The maximum absolute atomic E-state index is 5.36. The van der Waals surface area contributed by atoms with Gasteiger partial charge in [0, 0.05) is 18.1 Å². The molecule has 0 unspecified atom stereocenters. The largest absolute Gasteiger partial charge is 0.399 e. The zero-order valence-electron chi connectivity index (χ0n) is 7.67. The van der Waals surface area contributed by atoms with E-state index in [4.69, 9.17) is 11.5 Å². The first-order chi connectivity index (χ1) is 6.79. The fourth-order valence-electron chi connectivity index (χ4n) is 0.764. The van der Waals surface area contributed by atoms with E-state index in [9.17, 15) is 0 Å². The normalized spacial score (nSPS) is 8.57. The molecule has 0 bridgehead atoms. The minimum absolute atomic E-state index is 0.322. The van der Waals surface area contributed by atoms with E-state index in [1.54, 1.807) is 18.5 Å². The SMILES string of the molecule is Nc1ccccc1.Nc1ncccn1. The van der Waals surface area contributed by atoms with Crippen LogP contribution >= 0.6 is 0 Å². The lowest BCUT2D eigenvalue weighted by Crippen LogP contribution is -1.90. The van der Waals surface area contributed by atoms with Crippen molar-refractivity contribution in [1.29, 1.82) is 0 Å². The van der Waals surface area contributed by atoms with Crippen molar-refractivity contribution < 1.29 is 0 Å². The molecule has 0 aliphatic heterocycles. The number of nitrogens with two attached hydrogens (primary N) is 2. The Morgan fingerprint density at radius 1 is 0.786 bits per heavy atom. The van der Waals surface area contributed by atoms with Gasteiger partial charge in [0.25, 0.3) is 0 Å². The molecule has 0 saturated heterocycles. The molecule has 0 radical (unpaired) electrons. The second-order valence-corrected chi connectivity index (χ2v) is 2.52. The summed E-state index contributed by atoms with van der Waals surface area (Å²) in [4.78, 5) is 7.29. The third-order valence-corrected chi connectivity index (χ3v) is 1.39. The van der Waals surface area contributed by atoms with Crippen molar-refractivity contribution in [3.05, 3.63) is 48.8 Å². The molecule has 0 amide bonds. The summed E-state index contributed by atoms with van der Waals surface area (Å²) in [7, 11) is 0. The van der Waals surface area contributed by atoms with Crippen LogP contribution in [0.25, 0.3) is 0 Å². The van der Waals surface area contributed by atoms with Crippen molar-refractivity contribution in [2.24, 2.45) is 0 Å². The van der Waals surface area contributed by atoms with Crippen LogP contribution in [0.1, 0.15) is 0 Å². The Kier molecular flexibility index (Phi) is 3.94. The number of hydrogen-bond acceptors (Lipinski definition) is 4. The zero-order chi connectivity index (χ0) is 10.2. The van der Waals surface area contributed by atoms with Gasteiger partial charge in [-0.25, -0.2) is 9.97 Å². The standard InChI is InChI=1S/C6H7N.C4H5N3/c7-6-4-2-1-3-5-6;5-4-6-2-1-3-7-4/h1-5H,7H2;1-3H,(H2,5,6,7). The molecule has 0 atom stereocenters. The maximum atomic E-state index is 5.36. The van der Waals surface area contributed by atoms with Crippen molar-refractivity contribution in [2.75, 3.05) is 11.5 Å². The molecule has 0 aliphatic carbocycles. The Hall–Kier alpha value is -2.10. The molecule has 4 heteroatoms. The third kappa shape index (κ3) is 4.06. The number of nitrogens with zero attached hydrogens (tertiary/aromatic N) is 2. The predicted molar refractivity (Wildman–Crippen MR) is 57.3 cm³/mol. The van der Waals surface area contributed by atoms with Crippen molar-refractivity contribution in [2.45, 2.75) is 0 Å². The van der Waals surface area contributed by atoms with Gasteiger partial charge in [-0.15, -0.1) is 0 Å². The number of aromatic nitrogens is 2. The third-order valence-electron chi connectivity index (χ3n) is 1.39. The van der Waals surface area contributed by atoms with Gasteiger partial charge in [0.05, 0.1) is 0 Å². The summed E-state index contributed by atoms with van der Waals surface area (Å²) in [5, 5.41) is 0. The van der Waals surface area contributed by atoms with Gasteiger partial charge in [0.1, 0.15) is 0 Å². The summed E-state index contributed by atoms with van der Waals surface area (Å²) < 4.78 is 0. The van der Waals surface area contributed by atoms with Crippen molar-refractivity contribution in [3.8, 4) is 0 Å². The van der Waals surface area contributed by atoms with Gasteiger partial charge in [-0.1, -0.05) is 18.2 Å². The first-order valence-electron chi connectivity index (χ1n) is 4.12.